The maximum absolute atomic E-state index is 13.5. The minimum atomic E-state index is -3.77. The quantitative estimate of drug-likeness (QED) is 0.141. The van der Waals surface area contributed by atoms with E-state index in [0.717, 1.165) is 33.6 Å². The molecule has 0 heterocycles. The van der Waals surface area contributed by atoms with Crippen LogP contribution in [-0.2, 0) is 20.7 Å². The minimum absolute atomic E-state index is 0.171. The average molecular weight is 669 g/mol. The normalized spacial score (nSPS) is 12.0. The Kier molecular flexibility index (Phi) is 8.97. The van der Waals surface area contributed by atoms with Crippen LogP contribution in [0.2, 0.25) is 0 Å². The van der Waals surface area contributed by atoms with Gasteiger partial charge in [0.1, 0.15) is 23.0 Å². The third-order valence-corrected chi connectivity index (χ3v) is 10.9. The number of rotatable bonds is 10. The topological polar surface area (TPSA) is 105 Å². The lowest BCUT2D eigenvalue weighted by molar-refractivity contribution is 0.479. The van der Waals surface area contributed by atoms with Crippen LogP contribution in [0.3, 0.4) is 0 Å². The predicted molar refractivity (Wildman–Crippen MR) is 197 cm³/mol. The first-order valence-corrected chi connectivity index (χ1v) is 17.5. The Morgan fingerprint density at radius 2 is 0.776 bits per heavy atom. The van der Waals surface area contributed by atoms with Crippen molar-refractivity contribution >= 4 is 21.2 Å². The molecule has 4 N–H and O–H groups in total. The van der Waals surface area contributed by atoms with E-state index >= 15 is 0 Å². The van der Waals surface area contributed by atoms with Crippen LogP contribution >= 0.6 is 0 Å². The third kappa shape index (κ3) is 7.17. The van der Waals surface area contributed by atoms with Crippen molar-refractivity contribution in [3.8, 4) is 23.0 Å². The molecule has 0 aromatic heterocycles. The molecular formula is C42H40N2O4S. The van der Waals surface area contributed by atoms with Gasteiger partial charge in [-0.05, 0) is 119 Å². The Hall–Kier alpha value is -5.53. The summed E-state index contributed by atoms with van der Waals surface area (Å²) in [4.78, 5) is 0.341. The van der Waals surface area contributed by atoms with Gasteiger partial charge >= 0.3 is 0 Å². The zero-order chi connectivity index (χ0) is 34.8. The van der Waals surface area contributed by atoms with E-state index < -0.39 is 9.84 Å². The number of hydrogen-bond acceptors (Lipinski definition) is 6. The lowest BCUT2D eigenvalue weighted by atomic mass is 9.78. The predicted octanol–water partition coefficient (Wildman–Crippen LogP) is 9.92. The van der Waals surface area contributed by atoms with Crippen LogP contribution < -0.4 is 20.9 Å². The van der Waals surface area contributed by atoms with E-state index in [4.69, 9.17) is 20.9 Å². The fraction of sp³-hybridized carbons (Fsp3) is 0.143. The van der Waals surface area contributed by atoms with Crippen LogP contribution in [0.15, 0.2) is 155 Å². The van der Waals surface area contributed by atoms with E-state index in [-0.39, 0.29) is 20.6 Å². The van der Waals surface area contributed by atoms with E-state index in [0.29, 0.717) is 23.0 Å². The SMILES string of the molecule is CC(C)(c1ccc(N)cc1)c1cccc(Oc2ccc(S(=O)(=O)c3ccc(Oc4cccc(C(C)(C)c5ccc(N)cc5)c4)cc3)cc2)c1. The number of benzene rings is 6. The van der Waals surface area contributed by atoms with Crippen LogP contribution in [0.25, 0.3) is 0 Å². The molecule has 248 valence electrons. The summed E-state index contributed by atoms with van der Waals surface area (Å²) in [6.07, 6.45) is 0. The van der Waals surface area contributed by atoms with E-state index in [1.807, 2.05) is 84.9 Å². The molecule has 6 rings (SSSR count). The first-order chi connectivity index (χ1) is 23.3. The number of ether oxygens (including phenoxy) is 2. The van der Waals surface area contributed by atoms with Crippen molar-refractivity contribution in [1.82, 2.24) is 0 Å². The number of anilines is 2. The monoisotopic (exact) mass is 668 g/mol. The highest BCUT2D eigenvalue weighted by atomic mass is 32.2. The van der Waals surface area contributed by atoms with E-state index in [2.05, 4.69) is 39.8 Å². The van der Waals surface area contributed by atoms with Crippen molar-refractivity contribution in [2.45, 2.75) is 48.3 Å². The van der Waals surface area contributed by atoms with Crippen molar-refractivity contribution in [3.63, 3.8) is 0 Å². The summed E-state index contributed by atoms with van der Waals surface area (Å²) in [7, 11) is -3.77. The van der Waals surface area contributed by atoms with Gasteiger partial charge in [0.15, 0.2) is 0 Å². The number of sulfone groups is 1. The first-order valence-electron chi connectivity index (χ1n) is 16.1. The highest BCUT2D eigenvalue weighted by Crippen LogP contribution is 2.37. The molecule has 6 aromatic rings. The molecule has 0 bridgehead atoms. The lowest BCUT2D eigenvalue weighted by Gasteiger charge is -2.26. The molecule has 0 unspecified atom stereocenters. The summed E-state index contributed by atoms with van der Waals surface area (Å²) in [5, 5.41) is 0. The molecule has 0 saturated carbocycles. The van der Waals surface area contributed by atoms with Gasteiger partial charge in [0.05, 0.1) is 9.79 Å². The third-order valence-electron chi connectivity index (χ3n) is 9.12. The Morgan fingerprint density at radius 1 is 0.429 bits per heavy atom. The van der Waals surface area contributed by atoms with E-state index in [9.17, 15) is 8.42 Å². The Labute approximate surface area is 288 Å². The molecule has 0 spiro atoms. The minimum Gasteiger partial charge on any atom is -0.457 e. The summed E-state index contributed by atoms with van der Waals surface area (Å²) < 4.78 is 39.3. The number of nitrogen functional groups attached to an aromatic ring is 2. The summed E-state index contributed by atoms with van der Waals surface area (Å²) in [5.74, 6) is 2.39. The van der Waals surface area contributed by atoms with Crippen LogP contribution in [0, 0.1) is 0 Å². The van der Waals surface area contributed by atoms with Gasteiger partial charge in [-0.2, -0.15) is 0 Å². The highest BCUT2D eigenvalue weighted by molar-refractivity contribution is 7.91. The van der Waals surface area contributed by atoms with Crippen LogP contribution in [0.4, 0.5) is 11.4 Å². The standard InChI is InChI=1S/C42H40N2O4S/c1-41(2,29-11-15-33(43)16-12-29)31-7-5-9-37(27-31)47-35-19-23-39(24-20-35)49(45,46)40-25-21-36(22-26-40)48-38-10-6-8-32(28-38)42(3,4)30-13-17-34(44)18-14-30/h5-28H,43-44H2,1-4H3. The van der Waals surface area contributed by atoms with Gasteiger partial charge in [0.2, 0.25) is 9.84 Å². The Morgan fingerprint density at radius 3 is 1.12 bits per heavy atom. The molecule has 0 radical (unpaired) electrons. The fourth-order valence-electron chi connectivity index (χ4n) is 5.81. The van der Waals surface area contributed by atoms with Crippen LogP contribution in [0.5, 0.6) is 23.0 Å². The molecular weight excluding hydrogens is 629 g/mol. The largest absolute Gasteiger partial charge is 0.457 e. The van der Waals surface area contributed by atoms with Gasteiger partial charge < -0.3 is 20.9 Å². The average Bonchev–Trinajstić information content (AvgIpc) is 3.09. The Balaban J connectivity index is 1.13. The number of hydrogen-bond donors (Lipinski definition) is 2. The van der Waals surface area contributed by atoms with Gasteiger partial charge in [-0.1, -0.05) is 76.2 Å². The molecule has 7 heteroatoms. The van der Waals surface area contributed by atoms with Gasteiger partial charge in [0, 0.05) is 22.2 Å². The molecule has 49 heavy (non-hydrogen) atoms. The van der Waals surface area contributed by atoms with Crippen molar-refractivity contribution in [2.24, 2.45) is 0 Å². The molecule has 0 aliphatic rings. The molecule has 0 aliphatic carbocycles. The van der Waals surface area contributed by atoms with Gasteiger partial charge in [0.25, 0.3) is 0 Å². The summed E-state index contributed by atoms with van der Waals surface area (Å²) in [6, 6.07) is 44.5. The molecule has 6 aromatic carbocycles. The van der Waals surface area contributed by atoms with Crippen molar-refractivity contribution < 1.29 is 17.9 Å². The molecule has 0 fully saturated rings. The maximum Gasteiger partial charge on any atom is 0.206 e. The maximum atomic E-state index is 13.5. The second-order valence-corrected chi connectivity index (χ2v) is 15.1. The lowest BCUT2D eigenvalue weighted by Crippen LogP contribution is -2.18. The molecule has 0 aliphatic heterocycles. The second-order valence-electron chi connectivity index (χ2n) is 13.2. The van der Waals surface area contributed by atoms with Gasteiger partial charge in [-0.25, -0.2) is 8.42 Å². The smallest absolute Gasteiger partial charge is 0.206 e. The van der Waals surface area contributed by atoms with Gasteiger partial charge in [-0.15, -0.1) is 0 Å². The van der Waals surface area contributed by atoms with E-state index in [1.54, 1.807) is 48.5 Å². The molecule has 0 amide bonds. The zero-order valence-electron chi connectivity index (χ0n) is 28.1. The zero-order valence-corrected chi connectivity index (χ0v) is 28.9. The summed E-state index contributed by atoms with van der Waals surface area (Å²) in [6.45, 7) is 8.61. The van der Waals surface area contributed by atoms with Crippen LogP contribution in [0.1, 0.15) is 49.9 Å². The molecule has 6 nitrogen and oxygen atoms in total. The van der Waals surface area contributed by atoms with Crippen molar-refractivity contribution in [1.29, 1.82) is 0 Å². The summed E-state index contributed by atoms with van der Waals surface area (Å²) in [5.41, 5.74) is 17.1. The number of nitrogens with two attached hydrogens (primary N) is 2. The van der Waals surface area contributed by atoms with Crippen molar-refractivity contribution in [2.75, 3.05) is 11.5 Å². The second kappa shape index (κ2) is 13.2. The molecule has 0 atom stereocenters. The fourth-order valence-corrected chi connectivity index (χ4v) is 7.07. The summed E-state index contributed by atoms with van der Waals surface area (Å²) >= 11 is 0. The van der Waals surface area contributed by atoms with Gasteiger partial charge in [-0.3, -0.25) is 0 Å². The highest BCUT2D eigenvalue weighted by Gasteiger charge is 2.25. The Bertz CT molecular complexity index is 2020. The first kappa shape index (κ1) is 33.4. The van der Waals surface area contributed by atoms with Crippen LogP contribution in [-0.4, -0.2) is 8.42 Å². The van der Waals surface area contributed by atoms with Crippen molar-refractivity contribution in [3.05, 3.63) is 168 Å². The molecule has 0 saturated heterocycles. The van der Waals surface area contributed by atoms with E-state index in [1.165, 1.54) is 0 Å².